The van der Waals surface area contributed by atoms with Crippen LogP contribution in [-0.4, -0.2) is 4.57 Å². The summed E-state index contributed by atoms with van der Waals surface area (Å²) < 4.78 is 2.16. The van der Waals surface area contributed by atoms with Crippen LogP contribution in [0.25, 0.3) is 49.0 Å². The number of nitrogens with two attached hydrogens (primary N) is 1. The smallest absolute Gasteiger partial charge is 0.197 e. The molecule has 180 valence electrons. The van der Waals surface area contributed by atoms with Gasteiger partial charge >= 0.3 is 0 Å². The van der Waals surface area contributed by atoms with Crippen LogP contribution < -0.4 is 11.2 Å². The second-order valence-corrected chi connectivity index (χ2v) is 9.27. The van der Waals surface area contributed by atoms with Crippen molar-refractivity contribution in [2.24, 2.45) is 10.2 Å². The fourth-order valence-corrected chi connectivity index (χ4v) is 5.29. The maximum atomic E-state index is 13.3. The normalized spacial score (nSPS) is 11.8. The van der Waals surface area contributed by atoms with Crippen molar-refractivity contribution in [1.82, 2.24) is 4.57 Å². The summed E-state index contributed by atoms with van der Waals surface area (Å²) >= 11 is 0. The summed E-state index contributed by atoms with van der Waals surface area (Å²) in [6.07, 6.45) is 0. The van der Waals surface area contributed by atoms with E-state index in [2.05, 4.69) is 20.9 Å². The molecule has 0 aliphatic carbocycles. The Balaban J connectivity index is 1.48. The Morgan fingerprint density at radius 2 is 1.11 bits per heavy atom. The quantitative estimate of drug-likeness (QED) is 0.153. The van der Waals surface area contributed by atoms with E-state index >= 15 is 0 Å². The maximum absolute atomic E-state index is 13.3. The molecule has 0 aliphatic rings. The Bertz CT molecular complexity index is 2070. The molecule has 5 heteroatoms. The molecule has 7 aromatic rings. The van der Waals surface area contributed by atoms with Gasteiger partial charge in [-0.1, -0.05) is 78.9 Å². The number of nitrogens with zero attached hydrogens (tertiary/aromatic N) is 3. The van der Waals surface area contributed by atoms with Gasteiger partial charge in [-0.2, -0.15) is 0 Å². The van der Waals surface area contributed by atoms with E-state index < -0.39 is 0 Å². The van der Waals surface area contributed by atoms with E-state index in [1.54, 1.807) is 0 Å². The minimum absolute atomic E-state index is 0.0369. The van der Waals surface area contributed by atoms with E-state index in [1.807, 2.05) is 115 Å². The summed E-state index contributed by atoms with van der Waals surface area (Å²) in [7, 11) is 0. The largest absolute Gasteiger partial charge is 0.397 e. The van der Waals surface area contributed by atoms with Gasteiger partial charge in [0.25, 0.3) is 0 Å². The van der Waals surface area contributed by atoms with Crippen LogP contribution in [0.4, 0.5) is 17.1 Å². The number of hydrogen-bond donors (Lipinski definition) is 1. The zero-order chi connectivity index (χ0) is 25.6. The molecule has 1 aromatic heterocycles. The number of pyridine rings is 1. The summed E-state index contributed by atoms with van der Waals surface area (Å²) in [4.78, 5) is 13.3. The Kier molecular flexibility index (Phi) is 5.01. The molecule has 38 heavy (non-hydrogen) atoms. The van der Waals surface area contributed by atoms with Crippen molar-refractivity contribution in [3.8, 4) is 5.69 Å². The predicted octanol–water partition coefficient (Wildman–Crippen LogP) is 8.45. The number of azo groups is 1. The standard InChI is InChI=1S/C33H22N4O/c34-27-18-17-21-9-1-2-10-22(21)32(27)36-35-28-19-20-31(24-12-4-3-11-23(24)28)37-29-15-7-5-13-25(29)33(38)26-14-6-8-16-30(26)37/h1-20H,34H2. The SMILES string of the molecule is Nc1ccc2ccccc2c1N=Nc1ccc(-n2c3ccccc3c(=O)c3ccccc32)c2ccccc12. The van der Waals surface area contributed by atoms with Crippen molar-refractivity contribution in [2.75, 3.05) is 5.73 Å². The molecule has 0 saturated heterocycles. The second-order valence-electron chi connectivity index (χ2n) is 9.27. The Morgan fingerprint density at radius 1 is 0.526 bits per heavy atom. The van der Waals surface area contributed by atoms with Crippen LogP contribution in [0.1, 0.15) is 0 Å². The summed E-state index contributed by atoms with van der Waals surface area (Å²) in [6.45, 7) is 0. The lowest BCUT2D eigenvalue weighted by Crippen LogP contribution is -2.10. The highest BCUT2D eigenvalue weighted by Gasteiger charge is 2.15. The topological polar surface area (TPSA) is 72.7 Å². The van der Waals surface area contributed by atoms with Crippen molar-refractivity contribution in [3.05, 3.63) is 132 Å². The lowest BCUT2D eigenvalue weighted by molar-refractivity contribution is 1.17. The lowest BCUT2D eigenvalue weighted by Gasteiger charge is -2.18. The molecule has 0 aliphatic heterocycles. The van der Waals surface area contributed by atoms with Crippen LogP contribution in [0, 0.1) is 0 Å². The highest BCUT2D eigenvalue weighted by Crippen LogP contribution is 2.37. The number of nitrogen functional groups attached to an aromatic ring is 1. The summed E-state index contributed by atoms with van der Waals surface area (Å²) in [6, 6.07) is 39.6. The molecule has 1 heterocycles. The Labute approximate surface area is 218 Å². The Hall–Kier alpha value is -5.29. The van der Waals surface area contributed by atoms with E-state index in [4.69, 9.17) is 5.73 Å². The average molecular weight is 491 g/mol. The van der Waals surface area contributed by atoms with Gasteiger partial charge < -0.3 is 10.3 Å². The number of anilines is 1. The summed E-state index contributed by atoms with van der Waals surface area (Å²) in [5.41, 5.74) is 11.0. The third kappa shape index (κ3) is 3.37. The number of aromatic nitrogens is 1. The number of fused-ring (bicyclic) bond motifs is 4. The minimum Gasteiger partial charge on any atom is -0.397 e. The van der Waals surface area contributed by atoms with E-state index in [9.17, 15) is 4.79 Å². The van der Waals surface area contributed by atoms with Gasteiger partial charge in [0, 0.05) is 26.9 Å². The zero-order valence-electron chi connectivity index (χ0n) is 20.4. The number of rotatable bonds is 3. The van der Waals surface area contributed by atoms with E-state index in [1.165, 1.54) is 0 Å². The van der Waals surface area contributed by atoms with Crippen molar-refractivity contribution in [2.45, 2.75) is 0 Å². The highest BCUT2D eigenvalue weighted by atomic mass is 16.1. The monoisotopic (exact) mass is 490 g/mol. The molecule has 5 nitrogen and oxygen atoms in total. The molecule has 7 rings (SSSR count). The fraction of sp³-hybridized carbons (Fsp3) is 0. The van der Waals surface area contributed by atoms with Crippen molar-refractivity contribution < 1.29 is 0 Å². The third-order valence-corrected chi connectivity index (χ3v) is 7.09. The molecule has 0 amide bonds. The van der Waals surface area contributed by atoms with Crippen molar-refractivity contribution in [1.29, 1.82) is 0 Å². The van der Waals surface area contributed by atoms with Crippen LogP contribution in [0.2, 0.25) is 0 Å². The molecule has 6 aromatic carbocycles. The van der Waals surface area contributed by atoms with Crippen molar-refractivity contribution >= 4 is 60.4 Å². The zero-order valence-corrected chi connectivity index (χ0v) is 20.4. The van der Waals surface area contributed by atoms with Crippen LogP contribution in [0.15, 0.2) is 136 Å². The second kappa shape index (κ2) is 8.68. The van der Waals surface area contributed by atoms with Gasteiger partial charge in [0.05, 0.1) is 28.1 Å². The molecule has 2 N–H and O–H groups in total. The van der Waals surface area contributed by atoms with Crippen LogP contribution >= 0.6 is 0 Å². The minimum atomic E-state index is 0.0369. The molecule has 0 fully saturated rings. The maximum Gasteiger partial charge on any atom is 0.197 e. The van der Waals surface area contributed by atoms with E-state index in [0.29, 0.717) is 22.1 Å². The van der Waals surface area contributed by atoms with Crippen LogP contribution in [0.5, 0.6) is 0 Å². The van der Waals surface area contributed by atoms with E-state index in [0.717, 1.165) is 44.0 Å². The molecular formula is C33H22N4O. The fourth-order valence-electron chi connectivity index (χ4n) is 5.29. The molecule has 0 spiro atoms. The third-order valence-electron chi connectivity index (χ3n) is 7.09. The average Bonchev–Trinajstić information content (AvgIpc) is 2.97. The molecule has 0 bridgehead atoms. The molecule has 0 unspecified atom stereocenters. The van der Waals surface area contributed by atoms with Gasteiger partial charge in [-0.15, -0.1) is 10.2 Å². The van der Waals surface area contributed by atoms with Gasteiger partial charge in [0.15, 0.2) is 5.43 Å². The number of benzene rings is 6. The van der Waals surface area contributed by atoms with Crippen LogP contribution in [0.3, 0.4) is 0 Å². The van der Waals surface area contributed by atoms with Gasteiger partial charge in [-0.25, -0.2) is 0 Å². The molecule has 0 radical (unpaired) electrons. The van der Waals surface area contributed by atoms with Crippen LogP contribution in [-0.2, 0) is 0 Å². The first-order valence-corrected chi connectivity index (χ1v) is 12.4. The van der Waals surface area contributed by atoms with Gasteiger partial charge in [0.1, 0.15) is 5.69 Å². The molecule has 0 atom stereocenters. The predicted molar refractivity (Wildman–Crippen MR) is 157 cm³/mol. The first-order chi connectivity index (χ1) is 18.7. The van der Waals surface area contributed by atoms with Crippen molar-refractivity contribution in [3.63, 3.8) is 0 Å². The summed E-state index contributed by atoms with van der Waals surface area (Å²) in [5, 5.41) is 14.7. The highest BCUT2D eigenvalue weighted by molar-refractivity contribution is 6.03. The summed E-state index contributed by atoms with van der Waals surface area (Å²) in [5.74, 6) is 0. The number of hydrogen-bond acceptors (Lipinski definition) is 4. The first kappa shape index (κ1) is 21.9. The lowest BCUT2D eigenvalue weighted by atomic mass is 10.0. The number of para-hydroxylation sites is 2. The van der Waals surface area contributed by atoms with Gasteiger partial charge in [0.2, 0.25) is 0 Å². The van der Waals surface area contributed by atoms with Gasteiger partial charge in [-0.05, 0) is 47.9 Å². The van der Waals surface area contributed by atoms with E-state index in [-0.39, 0.29) is 5.43 Å². The molecule has 0 saturated carbocycles. The first-order valence-electron chi connectivity index (χ1n) is 12.4. The van der Waals surface area contributed by atoms with Gasteiger partial charge in [-0.3, -0.25) is 4.79 Å². The molecular weight excluding hydrogens is 468 g/mol. The Morgan fingerprint density at radius 3 is 1.82 bits per heavy atom.